The molecule has 1 aliphatic rings. The lowest BCUT2D eigenvalue weighted by Gasteiger charge is -2.43. The summed E-state index contributed by atoms with van der Waals surface area (Å²) in [5.41, 5.74) is 2.53. The van der Waals surface area contributed by atoms with Crippen molar-refractivity contribution >= 4 is 12.2 Å². The largest absolute Gasteiger partial charge is 0.467 e. The fraction of sp³-hybridized carbons (Fsp3) is 0.481. The number of methoxy groups -OCH3 is 1. The predicted octanol–water partition coefficient (Wildman–Crippen LogP) is 5.87. The quantitative estimate of drug-likeness (QED) is 0.427. The number of benzene rings is 2. The Balaban J connectivity index is 1.83. The molecule has 2 aromatic carbocycles. The van der Waals surface area contributed by atoms with Crippen LogP contribution in [0.3, 0.4) is 0 Å². The number of ether oxygens (including phenoxy) is 1. The van der Waals surface area contributed by atoms with E-state index in [4.69, 9.17) is 9.73 Å². The lowest BCUT2D eigenvalue weighted by molar-refractivity contribution is -0.142. The van der Waals surface area contributed by atoms with Crippen LogP contribution in [0.1, 0.15) is 51.2 Å². The molecule has 1 aliphatic carbocycles. The molecule has 4 atom stereocenters. The normalized spacial score (nSPS) is 23.3. The van der Waals surface area contributed by atoms with E-state index in [1.807, 2.05) is 30.3 Å². The summed E-state index contributed by atoms with van der Waals surface area (Å²) < 4.78 is 5.06. The molecule has 2 aromatic rings. The molecule has 0 N–H and O–H groups in total. The molecule has 0 bridgehead atoms. The number of carbonyl (C=O) groups is 1. The van der Waals surface area contributed by atoms with Crippen LogP contribution >= 0.6 is 0 Å². The molecule has 160 valence electrons. The highest BCUT2D eigenvalue weighted by molar-refractivity contribution is 5.78. The van der Waals surface area contributed by atoms with Crippen LogP contribution in [0.15, 0.2) is 65.7 Å². The maximum Gasteiger partial charge on any atom is 0.330 e. The molecule has 0 heterocycles. The Morgan fingerprint density at radius 3 is 2.37 bits per heavy atom. The Morgan fingerprint density at radius 1 is 1.10 bits per heavy atom. The Bertz CT molecular complexity index is 828. The molecule has 0 radical (unpaired) electrons. The van der Waals surface area contributed by atoms with Gasteiger partial charge in [0.15, 0.2) is 6.04 Å². The van der Waals surface area contributed by atoms with Gasteiger partial charge in [0.05, 0.1) is 7.11 Å². The van der Waals surface area contributed by atoms with E-state index in [9.17, 15) is 4.79 Å². The highest BCUT2D eigenvalue weighted by Crippen LogP contribution is 2.45. The summed E-state index contributed by atoms with van der Waals surface area (Å²) in [5.74, 6) is 1.26. The van der Waals surface area contributed by atoms with Crippen LogP contribution in [-0.2, 0) is 21.4 Å². The predicted molar refractivity (Wildman–Crippen MR) is 124 cm³/mol. The van der Waals surface area contributed by atoms with Crippen LogP contribution in [0.5, 0.6) is 0 Å². The van der Waals surface area contributed by atoms with Crippen molar-refractivity contribution in [2.45, 2.75) is 57.9 Å². The molecule has 0 spiro atoms. The second-order valence-electron chi connectivity index (χ2n) is 9.30. The summed E-state index contributed by atoms with van der Waals surface area (Å²) in [6.45, 7) is 7.03. The van der Waals surface area contributed by atoms with E-state index in [1.54, 1.807) is 0 Å². The molecule has 0 unspecified atom stereocenters. The fourth-order valence-corrected chi connectivity index (χ4v) is 4.95. The van der Waals surface area contributed by atoms with Crippen molar-refractivity contribution in [3.63, 3.8) is 0 Å². The van der Waals surface area contributed by atoms with Gasteiger partial charge >= 0.3 is 5.97 Å². The third kappa shape index (κ3) is 5.38. The Morgan fingerprint density at radius 2 is 1.73 bits per heavy atom. The first-order valence-corrected chi connectivity index (χ1v) is 11.1. The zero-order valence-corrected chi connectivity index (χ0v) is 18.8. The first kappa shape index (κ1) is 22.3. The van der Waals surface area contributed by atoms with Crippen molar-refractivity contribution in [1.82, 2.24) is 0 Å². The summed E-state index contributed by atoms with van der Waals surface area (Å²) in [5, 5.41) is 0. The minimum absolute atomic E-state index is 0.0538. The molecule has 3 rings (SSSR count). The molecular weight excluding hydrogens is 370 g/mol. The molecular formula is C27H35NO2. The number of esters is 1. The second kappa shape index (κ2) is 10.1. The molecule has 3 nitrogen and oxygen atoms in total. The first-order valence-electron chi connectivity index (χ1n) is 11.1. The van der Waals surface area contributed by atoms with E-state index in [2.05, 4.69) is 57.3 Å². The average molecular weight is 406 g/mol. The van der Waals surface area contributed by atoms with Gasteiger partial charge in [0, 0.05) is 12.6 Å². The van der Waals surface area contributed by atoms with Gasteiger partial charge in [-0.3, -0.25) is 4.99 Å². The van der Waals surface area contributed by atoms with Crippen molar-refractivity contribution in [2.24, 2.45) is 22.7 Å². The van der Waals surface area contributed by atoms with Crippen LogP contribution in [0.2, 0.25) is 0 Å². The van der Waals surface area contributed by atoms with Gasteiger partial charge in [-0.25, -0.2) is 4.79 Å². The minimum atomic E-state index is -0.491. The molecule has 0 aliphatic heterocycles. The van der Waals surface area contributed by atoms with E-state index in [-0.39, 0.29) is 11.4 Å². The van der Waals surface area contributed by atoms with Crippen molar-refractivity contribution < 1.29 is 9.53 Å². The van der Waals surface area contributed by atoms with Crippen LogP contribution in [0, 0.1) is 17.8 Å². The SMILES string of the molecule is COC(=O)[C@H](Cc1ccccc1)N=C[C@H]1C[C@H](C)CC[C@H]1C(C)(C)c1ccccc1. The summed E-state index contributed by atoms with van der Waals surface area (Å²) in [6.07, 6.45) is 6.19. The van der Waals surface area contributed by atoms with E-state index in [0.717, 1.165) is 12.0 Å². The van der Waals surface area contributed by atoms with E-state index < -0.39 is 6.04 Å². The van der Waals surface area contributed by atoms with E-state index in [0.29, 0.717) is 24.2 Å². The third-order valence-electron chi connectivity index (χ3n) is 6.81. The maximum absolute atomic E-state index is 12.4. The van der Waals surface area contributed by atoms with Crippen LogP contribution in [0.25, 0.3) is 0 Å². The molecule has 3 heteroatoms. The highest BCUT2D eigenvalue weighted by Gasteiger charge is 2.39. The monoisotopic (exact) mass is 405 g/mol. The number of hydrogen-bond acceptors (Lipinski definition) is 3. The molecule has 1 saturated carbocycles. The molecule has 0 aromatic heterocycles. The van der Waals surface area contributed by atoms with Crippen molar-refractivity contribution in [1.29, 1.82) is 0 Å². The lowest BCUT2D eigenvalue weighted by Crippen LogP contribution is -2.39. The van der Waals surface area contributed by atoms with Gasteiger partial charge in [0.1, 0.15) is 0 Å². The average Bonchev–Trinajstić information content (AvgIpc) is 2.77. The molecule has 30 heavy (non-hydrogen) atoms. The van der Waals surface area contributed by atoms with Crippen molar-refractivity contribution in [2.75, 3.05) is 7.11 Å². The Labute approximate surface area is 181 Å². The van der Waals surface area contributed by atoms with Gasteiger partial charge in [-0.05, 0) is 47.1 Å². The summed E-state index contributed by atoms with van der Waals surface area (Å²) in [6, 6.07) is 20.4. The van der Waals surface area contributed by atoms with E-state index in [1.165, 1.54) is 25.5 Å². The van der Waals surface area contributed by atoms with Crippen LogP contribution in [0.4, 0.5) is 0 Å². The van der Waals surface area contributed by atoms with Gasteiger partial charge < -0.3 is 4.74 Å². The van der Waals surface area contributed by atoms with Crippen LogP contribution < -0.4 is 0 Å². The molecule has 0 amide bonds. The zero-order chi connectivity index (χ0) is 21.6. The minimum Gasteiger partial charge on any atom is -0.467 e. The summed E-state index contributed by atoms with van der Waals surface area (Å²) in [4.78, 5) is 17.2. The first-order chi connectivity index (χ1) is 14.4. The smallest absolute Gasteiger partial charge is 0.330 e. The summed E-state index contributed by atoms with van der Waals surface area (Å²) in [7, 11) is 1.44. The van der Waals surface area contributed by atoms with Gasteiger partial charge in [-0.15, -0.1) is 0 Å². The number of hydrogen-bond donors (Lipinski definition) is 0. The topological polar surface area (TPSA) is 38.7 Å². The maximum atomic E-state index is 12.4. The van der Waals surface area contributed by atoms with Gasteiger partial charge in [-0.2, -0.15) is 0 Å². The Kier molecular flexibility index (Phi) is 7.47. The number of carbonyl (C=O) groups excluding carboxylic acids is 1. The molecule has 0 saturated heterocycles. The standard InChI is InChI=1S/C27H35NO2/c1-20-15-16-24(27(2,3)23-13-9-6-10-14-23)22(17-20)19-28-25(26(29)30-4)18-21-11-7-5-8-12-21/h5-14,19-20,22,24-25H,15-18H2,1-4H3/t20-,22-,24-,25+/m1/s1. The van der Waals surface area contributed by atoms with E-state index >= 15 is 0 Å². The summed E-state index contributed by atoms with van der Waals surface area (Å²) >= 11 is 0. The Hall–Kier alpha value is -2.42. The highest BCUT2D eigenvalue weighted by atomic mass is 16.5. The van der Waals surface area contributed by atoms with Gasteiger partial charge in [-0.1, -0.05) is 87.9 Å². The second-order valence-corrected chi connectivity index (χ2v) is 9.30. The van der Waals surface area contributed by atoms with Crippen molar-refractivity contribution in [3.8, 4) is 0 Å². The number of nitrogens with zero attached hydrogens (tertiary/aromatic N) is 1. The van der Waals surface area contributed by atoms with Gasteiger partial charge in [0.25, 0.3) is 0 Å². The van der Waals surface area contributed by atoms with Crippen molar-refractivity contribution in [3.05, 3.63) is 71.8 Å². The zero-order valence-electron chi connectivity index (χ0n) is 18.8. The number of rotatable bonds is 7. The lowest BCUT2D eigenvalue weighted by atomic mass is 9.61. The number of aliphatic imine (C=N–C) groups is 1. The van der Waals surface area contributed by atoms with Crippen LogP contribution in [-0.4, -0.2) is 25.3 Å². The fourth-order valence-electron chi connectivity index (χ4n) is 4.95. The molecule has 1 fully saturated rings. The third-order valence-corrected chi connectivity index (χ3v) is 6.81. The van der Waals surface area contributed by atoms with Gasteiger partial charge in [0.2, 0.25) is 0 Å².